The number of nitrogens with two attached hydrogens (primary N) is 1. The highest BCUT2D eigenvalue weighted by atomic mass is 16.3. The molecule has 0 aliphatic carbocycles. The summed E-state index contributed by atoms with van der Waals surface area (Å²) in [5.74, 6) is 1.79. The zero-order valence-corrected chi connectivity index (χ0v) is 8.92. The van der Waals surface area contributed by atoms with Gasteiger partial charge < -0.3 is 10.2 Å². The first-order valence-corrected chi connectivity index (χ1v) is 4.72. The van der Waals surface area contributed by atoms with Crippen molar-refractivity contribution in [2.75, 3.05) is 13.6 Å². The van der Waals surface area contributed by atoms with Crippen molar-refractivity contribution in [3.63, 3.8) is 0 Å². The Balaban J connectivity index is 2.47. The van der Waals surface area contributed by atoms with Crippen molar-refractivity contribution in [1.29, 1.82) is 0 Å². The van der Waals surface area contributed by atoms with Crippen molar-refractivity contribution in [2.24, 2.45) is 5.73 Å². The summed E-state index contributed by atoms with van der Waals surface area (Å²) in [6.07, 6.45) is 0. The van der Waals surface area contributed by atoms with Crippen LogP contribution in [0, 0.1) is 0 Å². The Labute approximate surface area is 85.2 Å². The lowest BCUT2D eigenvalue weighted by Gasteiger charge is -2.14. The second-order valence-corrected chi connectivity index (χ2v) is 3.70. The summed E-state index contributed by atoms with van der Waals surface area (Å²) >= 11 is 0. The van der Waals surface area contributed by atoms with E-state index in [4.69, 9.17) is 10.2 Å². The number of rotatable bonds is 5. The third-order valence-electron chi connectivity index (χ3n) is 1.88. The second kappa shape index (κ2) is 4.98. The quantitative estimate of drug-likeness (QED) is 0.726. The van der Waals surface area contributed by atoms with Crippen LogP contribution in [0.1, 0.15) is 18.4 Å². The van der Waals surface area contributed by atoms with Gasteiger partial charge in [-0.05, 0) is 26.1 Å². The molecule has 0 aliphatic rings. The molecule has 0 unspecified atom stereocenters. The van der Waals surface area contributed by atoms with Crippen molar-refractivity contribution in [3.05, 3.63) is 35.8 Å². The number of hydrogen-bond donors (Lipinski definition) is 1. The van der Waals surface area contributed by atoms with Crippen LogP contribution in [0.25, 0.3) is 0 Å². The fraction of sp³-hybridized carbons (Fsp3) is 0.455. The minimum atomic E-state index is 0.463. The highest BCUT2D eigenvalue weighted by Crippen LogP contribution is 2.09. The van der Waals surface area contributed by atoms with E-state index in [0.717, 1.165) is 30.2 Å². The van der Waals surface area contributed by atoms with E-state index in [1.807, 2.05) is 26.1 Å². The molecule has 1 heterocycles. The van der Waals surface area contributed by atoms with Gasteiger partial charge in [-0.2, -0.15) is 0 Å². The number of hydrogen-bond acceptors (Lipinski definition) is 3. The lowest BCUT2D eigenvalue weighted by atomic mass is 10.3. The summed E-state index contributed by atoms with van der Waals surface area (Å²) < 4.78 is 5.49. The van der Waals surface area contributed by atoms with E-state index >= 15 is 0 Å². The summed E-state index contributed by atoms with van der Waals surface area (Å²) in [6, 6.07) is 3.89. The van der Waals surface area contributed by atoms with E-state index in [1.165, 1.54) is 0 Å². The first-order valence-electron chi connectivity index (χ1n) is 4.72. The molecule has 3 heteroatoms. The lowest BCUT2D eigenvalue weighted by Crippen LogP contribution is -2.19. The number of likely N-dealkylation sites (N-methyl/N-ethyl adjacent to an activating group) is 1. The third kappa shape index (κ3) is 3.36. The average molecular weight is 194 g/mol. The molecule has 0 saturated heterocycles. The summed E-state index contributed by atoms with van der Waals surface area (Å²) in [4.78, 5) is 2.15. The minimum absolute atomic E-state index is 0.463. The molecule has 3 nitrogen and oxygen atoms in total. The molecule has 0 amide bonds. The van der Waals surface area contributed by atoms with Crippen LogP contribution in [0.2, 0.25) is 0 Å². The van der Waals surface area contributed by atoms with Gasteiger partial charge in [0.2, 0.25) is 0 Å². The van der Waals surface area contributed by atoms with Crippen LogP contribution in [0.15, 0.2) is 28.7 Å². The maximum absolute atomic E-state index is 5.49. The fourth-order valence-corrected chi connectivity index (χ4v) is 1.40. The van der Waals surface area contributed by atoms with E-state index in [1.54, 1.807) is 0 Å². The molecule has 1 aromatic rings. The molecule has 0 saturated carbocycles. The highest BCUT2D eigenvalue weighted by Gasteiger charge is 2.04. The zero-order chi connectivity index (χ0) is 10.6. The molecule has 0 aromatic carbocycles. The Bertz CT molecular complexity index is 304. The standard InChI is InChI=1S/C11H18N2O/c1-9(2)7-13(3)8-11-5-4-10(6-12)14-11/h4-5H,1,6-8,12H2,2-3H3. The van der Waals surface area contributed by atoms with Crippen LogP contribution in [0.5, 0.6) is 0 Å². The molecule has 0 fully saturated rings. The third-order valence-corrected chi connectivity index (χ3v) is 1.88. The van der Waals surface area contributed by atoms with Crippen LogP contribution in [0.4, 0.5) is 0 Å². The molecule has 0 atom stereocenters. The van der Waals surface area contributed by atoms with Gasteiger partial charge in [-0.1, -0.05) is 12.2 Å². The Kier molecular flexibility index (Phi) is 3.92. The van der Waals surface area contributed by atoms with Crippen LogP contribution < -0.4 is 5.73 Å². The molecule has 1 aromatic heterocycles. The van der Waals surface area contributed by atoms with Gasteiger partial charge in [0.1, 0.15) is 11.5 Å². The Morgan fingerprint density at radius 2 is 2.14 bits per heavy atom. The molecular weight excluding hydrogens is 176 g/mol. The predicted molar refractivity (Wildman–Crippen MR) is 57.7 cm³/mol. The summed E-state index contributed by atoms with van der Waals surface area (Å²) in [6.45, 7) is 8.03. The van der Waals surface area contributed by atoms with Crippen molar-refractivity contribution < 1.29 is 4.42 Å². The van der Waals surface area contributed by atoms with Gasteiger partial charge in [0.15, 0.2) is 0 Å². The monoisotopic (exact) mass is 194 g/mol. The molecule has 78 valence electrons. The topological polar surface area (TPSA) is 42.4 Å². The number of nitrogens with zero attached hydrogens (tertiary/aromatic N) is 1. The maximum atomic E-state index is 5.49. The largest absolute Gasteiger partial charge is 0.463 e. The van der Waals surface area contributed by atoms with E-state index in [9.17, 15) is 0 Å². The molecule has 14 heavy (non-hydrogen) atoms. The Hall–Kier alpha value is -1.06. The van der Waals surface area contributed by atoms with Gasteiger partial charge in [-0.15, -0.1) is 0 Å². The normalized spacial score (nSPS) is 10.9. The van der Waals surface area contributed by atoms with E-state index in [2.05, 4.69) is 11.5 Å². The van der Waals surface area contributed by atoms with Gasteiger partial charge >= 0.3 is 0 Å². The van der Waals surface area contributed by atoms with Crippen molar-refractivity contribution in [3.8, 4) is 0 Å². The van der Waals surface area contributed by atoms with Gasteiger partial charge in [-0.25, -0.2) is 0 Å². The van der Waals surface area contributed by atoms with Gasteiger partial charge in [0.25, 0.3) is 0 Å². The smallest absolute Gasteiger partial charge is 0.118 e. The maximum Gasteiger partial charge on any atom is 0.118 e. The zero-order valence-electron chi connectivity index (χ0n) is 8.92. The first-order chi connectivity index (χ1) is 6.61. The SMILES string of the molecule is C=C(C)CN(C)Cc1ccc(CN)o1. The summed E-state index contributed by atoms with van der Waals surface area (Å²) in [5.41, 5.74) is 6.60. The van der Waals surface area contributed by atoms with E-state index < -0.39 is 0 Å². The van der Waals surface area contributed by atoms with E-state index in [-0.39, 0.29) is 0 Å². The molecule has 0 spiro atoms. The minimum Gasteiger partial charge on any atom is -0.463 e. The first kappa shape index (κ1) is 11.0. The van der Waals surface area contributed by atoms with Crippen LogP contribution >= 0.6 is 0 Å². The summed E-state index contributed by atoms with van der Waals surface area (Å²) in [7, 11) is 2.04. The molecule has 1 rings (SSSR count). The molecule has 2 N–H and O–H groups in total. The average Bonchev–Trinajstić information content (AvgIpc) is 2.50. The summed E-state index contributed by atoms with van der Waals surface area (Å²) in [5, 5.41) is 0. The highest BCUT2D eigenvalue weighted by molar-refractivity contribution is 5.07. The van der Waals surface area contributed by atoms with Crippen LogP contribution in [0.3, 0.4) is 0 Å². The van der Waals surface area contributed by atoms with Gasteiger partial charge in [0.05, 0.1) is 13.1 Å². The second-order valence-electron chi connectivity index (χ2n) is 3.70. The van der Waals surface area contributed by atoms with Crippen molar-refractivity contribution in [2.45, 2.75) is 20.0 Å². The van der Waals surface area contributed by atoms with Crippen LogP contribution in [-0.4, -0.2) is 18.5 Å². The van der Waals surface area contributed by atoms with Crippen LogP contribution in [-0.2, 0) is 13.1 Å². The van der Waals surface area contributed by atoms with Crippen molar-refractivity contribution in [1.82, 2.24) is 4.90 Å². The van der Waals surface area contributed by atoms with E-state index in [0.29, 0.717) is 6.54 Å². The molecular formula is C11H18N2O. The number of furan rings is 1. The van der Waals surface area contributed by atoms with Crippen molar-refractivity contribution >= 4 is 0 Å². The Morgan fingerprint density at radius 3 is 2.64 bits per heavy atom. The molecule has 0 radical (unpaired) electrons. The fourth-order valence-electron chi connectivity index (χ4n) is 1.40. The predicted octanol–water partition coefficient (Wildman–Crippen LogP) is 1.75. The molecule has 0 aliphatic heterocycles. The van der Waals surface area contributed by atoms with Gasteiger partial charge in [0, 0.05) is 6.54 Å². The lowest BCUT2D eigenvalue weighted by molar-refractivity contribution is 0.311. The Morgan fingerprint density at radius 1 is 1.50 bits per heavy atom. The molecule has 0 bridgehead atoms. The van der Waals surface area contributed by atoms with Gasteiger partial charge in [-0.3, -0.25) is 4.90 Å².